The molecule has 1 N–H and O–H groups in total. The molecule has 1 unspecified atom stereocenters. The van der Waals surface area contributed by atoms with Gasteiger partial charge in [-0.3, -0.25) is 0 Å². The fourth-order valence-electron chi connectivity index (χ4n) is 2.00. The first-order valence-corrected chi connectivity index (χ1v) is 7.41. The molecule has 0 radical (unpaired) electrons. The van der Waals surface area contributed by atoms with Crippen molar-refractivity contribution in [1.29, 1.82) is 0 Å². The summed E-state index contributed by atoms with van der Waals surface area (Å²) in [4.78, 5) is 0. The summed E-state index contributed by atoms with van der Waals surface area (Å²) in [6.07, 6.45) is 0.897. The van der Waals surface area contributed by atoms with Crippen molar-refractivity contribution in [3.05, 3.63) is 64.9 Å². The van der Waals surface area contributed by atoms with E-state index in [0.29, 0.717) is 6.61 Å². The Morgan fingerprint density at radius 2 is 1.95 bits per heavy atom. The highest BCUT2D eigenvalue weighted by Gasteiger charge is 2.07. The third kappa shape index (κ3) is 5.03. The molecule has 2 rings (SSSR count). The Labute approximate surface area is 129 Å². The number of benzene rings is 2. The second-order valence-electron chi connectivity index (χ2n) is 4.86. The average Bonchev–Trinajstić information content (AvgIpc) is 2.50. The molecule has 21 heavy (non-hydrogen) atoms. The molecule has 2 aromatic rings. The van der Waals surface area contributed by atoms with Crippen LogP contribution in [0.1, 0.15) is 24.9 Å². The van der Waals surface area contributed by atoms with Crippen molar-refractivity contribution in [2.75, 3.05) is 13.2 Å². The molecule has 0 amide bonds. The number of rotatable bonds is 7. The molecule has 2 aromatic carbocycles. The summed E-state index contributed by atoms with van der Waals surface area (Å²) >= 11 is 5.79. The highest BCUT2D eigenvalue weighted by Crippen LogP contribution is 2.20. The van der Waals surface area contributed by atoms with Gasteiger partial charge in [0, 0.05) is 6.04 Å². The Balaban J connectivity index is 1.69. The summed E-state index contributed by atoms with van der Waals surface area (Å²) in [5.74, 6) is 0.500. The lowest BCUT2D eigenvalue weighted by atomic mass is 10.1. The van der Waals surface area contributed by atoms with Crippen molar-refractivity contribution in [2.24, 2.45) is 0 Å². The van der Waals surface area contributed by atoms with E-state index < -0.39 is 0 Å². The molecule has 2 nitrogen and oxygen atoms in total. The van der Waals surface area contributed by atoms with Gasteiger partial charge in [-0.1, -0.05) is 35.9 Å². The smallest absolute Gasteiger partial charge is 0.141 e. The number of ether oxygens (including phenoxy) is 1. The van der Waals surface area contributed by atoms with Gasteiger partial charge >= 0.3 is 0 Å². The van der Waals surface area contributed by atoms with E-state index in [9.17, 15) is 4.39 Å². The Morgan fingerprint density at radius 1 is 1.19 bits per heavy atom. The van der Waals surface area contributed by atoms with E-state index in [4.69, 9.17) is 16.3 Å². The summed E-state index contributed by atoms with van der Waals surface area (Å²) in [6.45, 7) is 3.51. The lowest BCUT2D eigenvalue weighted by molar-refractivity contribution is 0.305. The lowest BCUT2D eigenvalue weighted by Gasteiger charge is -2.15. The van der Waals surface area contributed by atoms with Gasteiger partial charge in [0.15, 0.2) is 0 Å². The second kappa shape index (κ2) is 8.01. The van der Waals surface area contributed by atoms with Crippen LogP contribution in [0.3, 0.4) is 0 Å². The van der Waals surface area contributed by atoms with Crippen LogP contribution < -0.4 is 10.1 Å². The number of nitrogens with one attached hydrogen (secondary N) is 1. The first-order valence-electron chi connectivity index (χ1n) is 7.03. The fourth-order valence-corrected chi connectivity index (χ4v) is 2.19. The molecule has 0 saturated heterocycles. The number of hydrogen-bond donors (Lipinski definition) is 1. The zero-order chi connectivity index (χ0) is 15.1. The highest BCUT2D eigenvalue weighted by molar-refractivity contribution is 6.30. The molecule has 0 saturated carbocycles. The van der Waals surface area contributed by atoms with Crippen LogP contribution in [0.5, 0.6) is 5.75 Å². The van der Waals surface area contributed by atoms with Gasteiger partial charge in [0.1, 0.15) is 11.6 Å². The van der Waals surface area contributed by atoms with Gasteiger partial charge in [-0.05, 0) is 49.7 Å². The van der Waals surface area contributed by atoms with E-state index >= 15 is 0 Å². The Kier molecular flexibility index (Phi) is 6.03. The van der Waals surface area contributed by atoms with E-state index in [2.05, 4.69) is 5.32 Å². The average molecular weight is 308 g/mol. The largest absolute Gasteiger partial charge is 0.494 e. The fraction of sp³-hybridized carbons (Fsp3) is 0.294. The summed E-state index contributed by atoms with van der Waals surface area (Å²) < 4.78 is 18.7. The Bertz CT molecular complexity index is 562. The third-order valence-corrected chi connectivity index (χ3v) is 3.52. The number of halogens is 2. The van der Waals surface area contributed by atoms with E-state index in [-0.39, 0.29) is 16.9 Å². The van der Waals surface area contributed by atoms with Crippen molar-refractivity contribution < 1.29 is 9.13 Å². The van der Waals surface area contributed by atoms with Crippen LogP contribution in [0.2, 0.25) is 5.02 Å². The minimum Gasteiger partial charge on any atom is -0.494 e. The standard InChI is InChI=1S/C17H19ClFNO/c1-13(14-8-9-17(19)16(18)12-14)20-10-5-11-21-15-6-3-2-4-7-15/h2-4,6-9,12-13,20H,5,10-11H2,1H3. The zero-order valence-corrected chi connectivity index (χ0v) is 12.7. The van der Waals surface area contributed by atoms with Crippen molar-refractivity contribution in [1.82, 2.24) is 5.32 Å². The van der Waals surface area contributed by atoms with Crippen LogP contribution in [0.15, 0.2) is 48.5 Å². The minimum absolute atomic E-state index is 0.125. The first kappa shape index (κ1) is 15.8. The van der Waals surface area contributed by atoms with E-state index in [1.807, 2.05) is 37.3 Å². The molecule has 112 valence electrons. The second-order valence-corrected chi connectivity index (χ2v) is 5.27. The number of para-hydroxylation sites is 1. The van der Waals surface area contributed by atoms with Crippen LogP contribution >= 0.6 is 11.6 Å². The van der Waals surface area contributed by atoms with Gasteiger partial charge in [-0.25, -0.2) is 4.39 Å². The third-order valence-electron chi connectivity index (χ3n) is 3.23. The summed E-state index contributed by atoms with van der Waals surface area (Å²) in [7, 11) is 0. The molecule has 4 heteroatoms. The van der Waals surface area contributed by atoms with Gasteiger partial charge in [0.25, 0.3) is 0 Å². The highest BCUT2D eigenvalue weighted by atomic mass is 35.5. The zero-order valence-electron chi connectivity index (χ0n) is 12.0. The minimum atomic E-state index is -0.385. The van der Waals surface area contributed by atoms with E-state index in [1.54, 1.807) is 12.1 Å². The van der Waals surface area contributed by atoms with Gasteiger partial charge in [0.2, 0.25) is 0 Å². The molecule has 0 spiro atoms. The molecule has 1 atom stereocenters. The van der Waals surface area contributed by atoms with Crippen LogP contribution in [0, 0.1) is 5.82 Å². The molecule has 0 aromatic heterocycles. The van der Waals surface area contributed by atoms with Crippen LogP contribution in [0.25, 0.3) is 0 Å². The molecular formula is C17H19ClFNO. The van der Waals surface area contributed by atoms with E-state index in [1.165, 1.54) is 6.07 Å². The summed E-state index contributed by atoms with van der Waals surface area (Å²) in [5.41, 5.74) is 0.977. The van der Waals surface area contributed by atoms with Crippen molar-refractivity contribution >= 4 is 11.6 Å². The molecule has 0 bridgehead atoms. The maximum atomic E-state index is 13.1. The topological polar surface area (TPSA) is 21.3 Å². The van der Waals surface area contributed by atoms with Gasteiger partial charge < -0.3 is 10.1 Å². The number of hydrogen-bond acceptors (Lipinski definition) is 2. The van der Waals surface area contributed by atoms with Gasteiger partial charge in [-0.15, -0.1) is 0 Å². The first-order chi connectivity index (χ1) is 10.2. The maximum Gasteiger partial charge on any atom is 0.141 e. The van der Waals surface area contributed by atoms with E-state index in [0.717, 1.165) is 24.3 Å². The van der Waals surface area contributed by atoms with Crippen molar-refractivity contribution in [3.63, 3.8) is 0 Å². The quantitative estimate of drug-likeness (QED) is 0.755. The predicted octanol–water partition coefficient (Wildman–Crippen LogP) is 4.60. The molecule has 0 heterocycles. The predicted molar refractivity (Wildman–Crippen MR) is 84.4 cm³/mol. The summed E-state index contributed by atoms with van der Waals surface area (Å²) in [6, 6.07) is 14.7. The molecule has 0 aliphatic carbocycles. The van der Waals surface area contributed by atoms with Crippen molar-refractivity contribution in [3.8, 4) is 5.75 Å². The van der Waals surface area contributed by atoms with Gasteiger partial charge in [-0.2, -0.15) is 0 Å². The Morgan fingerprint density at radius 3 is 2.67 bits per heavy atom. The monoisotopic (exact) mass is 307 g/mol. The summed E-state index contributed by atoms with van der Waals surface area (Å²) in [5, 5.41) is 3.53. The molecule has 0 fully saturated rings. The lowest BCUT2D eigenvalue weighted by Crippen LogP contribution is -2.21. The molecule has 0 aliphatic heterocycles. The normalized spacial score (nSPS) is 12.1. The van der Waals surface area contributed by atoms with Gasteiger partial charge in [0.05, 0.1) is 11.6 Å². The SMILES string of the molecule is CC(NCCCOc1ccccc1)c1ccc(F)c(Cl)c1. The van der Waals surface area contributed by atoms with Crippen molar-refractivity contribution in [2.45, 2.75) is 19.4 Å². The molecular weight excluding hydrogens is 289 g/mol. The van der Waals surface area contributed by atoms with Crippen LogP contribution in [-0.4, -0.2) is 13.2 Å². The Hall–Kier alpha value is -1.58. The van der Waals surface area contributed by atoms with Crippen LogP contribution in [0.4, 0.5) is 4.39 Å². The maximum absolute atomic E-state index is 13.1. The molecule has 0 aliphatic rings. The van der Waals surface area contributed by atoms with Crippen LogP contribution in [-0.2, 0) is 0 Å².